The minimum absolute atomic E-state index is 0.0468. The molecule has 0 saturated heterocycles. The smallest absolute Gasteiger partial charge is 0.262 e. The molecule has 3 N–H and O–H groups in total. The molecule has 1 heterocycles. The van der Waals surface area contributed by atoms with Crippen LogP contribution >= 0.6 is 12.2 Å². The summed E-state index contributed by atoms with van der Waals surface area (Å²) in [7, 11) is 0. The summed E-state index contributed by atoms with van der Waals surface area (Å²) in [6.45, 7) is 4.40. The number of ether oxygens (including phenoxy) is 1. The van der Waals surface area contributed by atoms with Crippen LogP contribution in [-0.2, 0) is 11.3 Å². The summed E-state index contributed by atoms with van der Waals surface area (Å²) in [6.07, 6.45) is 0. The molecule has 27 heavy (non-hydrogen) atoms. The van der Waals surface area contributed by atoms with Crippen LogP contribution in [0, 0.1) is 18.6 Å². The van der Waals surface area contributed by atoms with Crippen LogP contribution in [0.2, 0.25) is 0 Å². The van der Waals surface area contributed by atoms with Gasteiger partial charge >= 0.3 is 0 Å². The average Bonchev–Trinajstić information content (AvgIpc) is 2.99. The summed E-state index contributed by atoms with van der Waals surface area (Å²) in [5.41, 5.74) is 6.14. The van der Waals surface area contributed by atoms with Crippen molar-refractivity contribution in [3.05, 3.63) is 70.3 Å². The number of carbonyl (C=O) groups excluding carboxylic acids is 1. The Hall–Kier alpha value is -3.13. The van der Waals surface area contributed by atoms with Crippen molar-refractivity contribution < 1.29 is 9.53 Å². The van der Waals surface area contributed by atoms with Crippen molar-refractivity contribution in [2.45, 2.75) is 20.4 Å². The Morgan fingerprint density at radius 2 is 1.85 bits per heavy atom. The molecule has 0 saturated carbocycles. The van der Waals surface area contributed by atoms with E-state index in [1.54, 1.807) is 4.68 Å². The summed E-state index contributed by atoms with van der Waals surface area (Å²) < 4.78 is 7.78. The highest BCUT2D eigenvalue weighted by atomic mass is 32.1. The van der Waals surface area contributed by atoms with Gasteiger partial charge in [0.05, 0.1) is 6.54 Å². The van der Waals surface area contributed by atoms with E-state index in [1.165, 1.54) is 0 Å². The molecule has 0 spiro atoms. The normalized spacial score (nSPS) is 10.4. The maximum atomic E-state index is 12.0. The highest BCUT2D eigenvalue weighted by Crippen LogP contribution is 2.13. The third-order valence-corrected chi connectivity index (χ3v) is 4.18. The molecular weight excluding hydrogens is 362 g/mol. The maximum absolute atomic E-state index is 12.0. The number of H-pyrrole nitrogens is 1. The van der Waals surface area contributed by atoms with Gasteiger partial charge in [0, 0.05) is 5.69 Å². The molecule has 140 valence electrons. The number of nitrogens with one attached hydrogen (secondary N) is 3. The van der Waals surface area contributed by atoms with Crippen LogP contribution in [0.15, 0.2) is 48.5 Å². The van der Waals surface area contributed by atoms with Crippen molar-refractivity contribution in [2.75, 3.05) is 17.3 Å². The molecule has 0 fully saturated rings. The SMILES string of the molecule is Cc1ccc(NC(=O)COc2ccc(CNn3c(C)n[nH]c3=S)cc2)cc1. The van der Waals surface area contributed by atoms with Crippen LogP contribution in [0.5, 0.6) is 5.75 Å². The van der Waals surface area contributed by atoms with Crippen molar-refractivity contribution in [3.8, 4) is 5.75 Å². The number of hydrogen-bond acceptors (Lipinski definition) is 5. The third kappa shape index (κ3) is 5.18. The first-order valence-electron chi connectivity index (χ1n) is 8.47. The molecule has 2 aromatic carbocycles. The van der Waals surface area contributed by atoms with Crippen LogP contribution < -0.4 is 15.5 Å². The number of amides is 1. The lowest BCUT2D eigenvalue weighted by molar-refractivity contribution is -0.118. The molecule has 7 nitrogen and oxygen atoms in total. The van der Waals surface area contributed by atoms with Gasteiger partial charge in [-0.1, -0.05) is 29.8 Å². The van der Waals surface area contributed by atoms with E-state index in [1.807, 2.05) is 62.4 Å². The average molecular weight is 383 g/mol. The zero-order valence-corrected chi connectivity index (χ0v) is 16.0. The summed E-state index contributed by atoms with van der Waals surface area (Å²) in [6, 6.07) is 15.1. The zero-order valence-electron chi connectivity index (χ0n) is 15.2. The number of aromatic nitrogens is 3. The standard InChI is InChI=1S/C19H21N5O2S/c1-13-3-7-16(8-4-13)21-18(25)12-26-17-9-5-15(6-10-17)11-20-24-14(2)22-23-19(24)27/h3-10,20H,11-12H2,1-2H3,(H,21,25)(H,23,27). The Balaban J connectivity index is 1.48. The van der Waals surface area contributed by atoms with Crippen molar-refractivity contribution in [2.24, 2.45) is 0 Å². The molecule has 0 unspecified atom stereocenters. The second kappa shape index (κ2) is 8.50. The van der Waals surface area contributed by atoms with E-state index in [4.69, 9.17) is 17.0 Å². The number of rotatable bonds is 7. The summed E-state index contributed by atoms with van der Waals surface area (Å²) >= 11 is 5.15. The molecule has 0 aliphatic carbocycles. The van der Waals surface area contributed by atoms with E-state index in [2.05, 4.69) is 20.9 Å². The Morgan fingerprint density at radius 1 is 1.15 bits per heavy atom. The Kier molecular flexibility index (Phi) is 5.87. The zero-order chi connectivity index (χ0) is 19.2. The molecule has 0 aliphatic heterocycles. The molecule has 0 aliphatic rings. The fourth-order valence-corrected chi connectivity index (χ4v) is 2.66. The lowest BCUT2D eigenvalue weighted by Crippen LogP contribution is -2.20. The number of carbonyl (C=O) groups is 1. The van der Waals surface area contributed by atoms with Crippen molar-refractivity contribution >= 4 is 23.8 Å². The molecule has 0 bridgehead atoms. The van der Waals surface area contributed by atoms with E-state index in [0.717, 1.165) is 22.6 Å². The van der Waals surface area contributed by atoms with Gasteiger partial charge in [0.15, 0.2) is 6.61 Å². The van der Waals surface area contributed by atoms with E-state index >= 15 is 0 Å². The number of benzene rings is 2. The van der Waals surface area contributed by atoms with Crippen LogP contribution in [0.25, 0.3) is 0 Å². The van der Waals surface area contributed by atoms with Gasteiger partial charge in [-0.15, -0.1) is 0 Å². The lowest BCUT2D eigenvalue weighted by atomic mass is 10.2. The van der Waals surface area contributed by atoms with E-state index in [-0.39, 0.29) is 12.5 Å². The fourth-order valence-electron chi connectivity index (χ4n) is 2.42. The Morgan fingerprint density at radius 3 is 2.48 bits per heavy atom. The van der Waals surface area contributed by atoms with Gasteiger partial charge < -0.3 is 15.5 Å². The number of aryl methyl sites for hydroxylation is 2. The second-order valence-electron chi connectivity index (χ2n) is 6.09. The summed E-state index contributed by atoms with van der Waals surface area (Å²) in [4.78, 5) is 12.0. The van der Waals surface area contributed by atoms with Crippen molar-refractivity contribution in [1.82, 2.24) is 14.9 Å². The van der Waals surface area contributed by atoms with E-state index in [9.17, 15) is 4.79 Å². The molecule has 1 aromatic heterocycles. The molecule has 8 heteroatoms. The quantitative estimate of drug-likeness (QED) is 0.545. The van der Waals surface area contributed by atoms with Gasteiger partial charge in [-0.05, 0) is 55.9 Å². The predicted molar refractivity (Wildman–Crippen MR) is 107 cm³/mol. The van der Waals surface area contributed by atoms with Gasteiger partial charge in [-0.3, -0.25) is 9.89 Å². The van der Waals surface area contributed by atoms with Crippen LogP contribution in [0.4, 0.5) is 5.69 Å². The first-order chi connectivity index (χ1) is 13.0. The Bertz CT molecular complexity index is 961. The Labute approximate surface area is 162 Å². The molecule has 3 rings (SSSR count). The minimum atomic E-state index is -0.200. The van der Waals surface area contributed by atoms with E-state index in [0.29, 0.717) is 17.1 Å². The number of nitrogens with zero attached hydrogens (tertiary/aromatic N) is 2. The molecule has 0 atom stereocenters. The largest absolute Gasteiger partial charge is 0.484 e. The predicted octanol–water partition coefficient (Wildman–Crippen LogP) is 3.32. The summed E-state index contributed by atoms with van der Waals surface area (Å²) in [5, 5.41) is 9.57. The van der Waals surface area contributed by atoms with Crippen LogP contribution in [-0.4, -0.2) is 27.4 Å². The minimum Gasteiger partial charge on any atom is -0.484 e. The van der Waals surface area contributed by atoms with Gasteiger partial charge in [-0.2, -0.15) is 5.10 Å². The molecule has 3 aromatic rings. The topological polar surface area (TPSA) is 84.0 Å². The highest BCUT2D eigenvalue weighted by Gasteiger charge is 2.04. The fraction of sp³-hybridized carbons (Fsp3) is 0.211. The van der Waals surface area contributed by atoms with Gasteiger partial charge in [0.25, 0.3) is 5.91 Å². The molecular formula is C19H21N5O2S. The molecule has 1 amide bonds. The molecule has 0 radical (unpaired) electrons. The summed E-state index contributed by atoms with van der Waals surface area (Å²) in [5.74, 6) is 1.20. The highest BCUT2D eigenvalue weighted by molar-refractivity contribution is 7.71. The number of hydrogen-bond donors (Lipinski definition) is 3. The van der Waals surface area contributed by atoms with E-state index < -0.39 is 0 Å². The van der Waals surface area contributed by atoms with Gasteiger partial charge in [-0.25, -0.2) is 4.68 Å². The lowest BCUT2D eigenvalue weighted by Gasteiger charge is -2.10. The third-order valence-electron chi connectivity index (χ3n) is 3.91. The van der Waals surface area contributed by atoms with Crippen LogP contribution in [0.3, 0.4) is 0 Å². The monoisotopic (exact) mass is 383 g/mol. The first-order valence-corrected chi connectivity index (χ1v) is 8.88. The maximum Gasteiger partial charge on any atom is 0.262 e. The first kappa shape index (κ1) is 18.7. The van der Waals surface area contributed by atoms with Crippen molar-refractivity contribution in [3.63, 3.8) is 0 Å². The van der Waals surface area contributed by atoms with Crippen LogP contribution in [0.1, 0.15) is 17.0 Å². The number of anilines is 1. The van der Waals surface area contributed by atoms with Gasteiger partial charge in [0.1, 0.15) is 11.6 Å². The van der Waals surface area contributed by atoms with Crippen molar-refractivity contribution in [1.29, 1.82) is 0 Å². The number of aromatic amines is 1. The van der Waals surface area contributed by atoms with Gasteiger partial charge in [0.2, 0.25) is 4.77 Å². The second-order valence-corrected chi connectivity index (χ2v) is 6.48.